The van der Waals surface area contributed by atoms with E-state index in [1.54, 1.807) is 24.3 Å². The number of hydrogen-bond donors (Lipinski definition) is 2. The Labute approximate surface area is 285 Å². The maximum Gasteiger partial charge on any atom is 0.407 e. The molecule has 0 saturated heterocycles. The minimum absolute atomic E-state index is 0.00344. The van der Waals surface area contributed by atoms with Crippen molar-refractivity contribution >= 4 is 41.0 Å². The Hall–Kier alpha value is -5.12. The molecule has 0 heterocycles. The Morgan fingerprint density at radius 2 is 1.43 bits per heavy atom. The Balaban J connectivity index is 1.19. The molecule has 0 bridgehead atoms. The van der Waals surface area contributed by atoms with Gasteiger partial charge in [0.05, 0.1) is 12.1 Å². The summed E-state index contributed by atoms with van der Waals surface area (Å²) < 4.78 is 10.9. The first kappa shape index (κ1) is 35.2. The van der Waals surface area contributed by atoms with Crippen LogP contribution in [-0.2, 0) is 35.3 Å². The number of fused-ring (bicyclic) bond motifs is 3. The minimum Gasteiger partial charge on any atom is -0.481 e. The normalized spacial score (nSPS) is 16.6. The number of aliphatic imine (C=N–C) groups is 1. The summed E-state index contributed by atoms with van der Waals surface area (Å²) in [5.41, 5.74) is 5.51. The number of benzene rings is 3. The van der Waals surface area contributed by atoms with Crippen molar-refractivity contribution in [1.82, 2.24) is 5.32 Å². The number of amides is 1. The van der Waals surface area contributed by atoms with Crippen molar-refractivity contribution in [1.29, 1.82) is 0 Å². The van der Waals surface area contributed by atoms with Gasteiger partial charge in [-0.05, 0) is 57.7 Å². The predicted octanol–water partition coefficient (Wildman–Crippen LogP) is 6.80. The summed E-state index contributed by atoms with van der Waals surface area (Å²) >= 11 is 0. The topological polar surface area (TPSA) is 148 Å². The number of nitrogens with zero attached hydrogens (tertiary/aromatic N) is 1. The fraction of sp³-hybridized carbons (Fsp3) is 0.385. The zero-order chi connectivity index (χ0) is 35.3. The van der Waals surface area contributed by atoms with Gasteiger partial charge in [-0.1, -0.05) is 88.4 Å². The number of ketones is 2. The van der Waals surface area contributed by atoms with Crippen LogP contribution in [0.4, 0.5) is 10.5 Å². The van der Waals surface area contributed by atoms with Gasteiger partial charge >= 0.3 is 18.0 Å². The summed E-state index contributed by atoms with van der Waals surface area (Å²) in [5.74, 6) is -3.28. The number of carboxylic acid groups (broad SMARTS) is 1. The number of aliphatic carboxylic acids is 1. The molecule has 2 N–H and O–H groups in total. The van der Waals surface area contributed by atoms with Crippen LogP contribution in [0.15, 0.2) is 77.8 Å². The molecule has 0 spiro atoms. The molecule has 0 aromatic heterocycles. The molecule has 0 radical (unpaired) electrons. The number of ether oxygens (including phenoxy) is 2. The molecular weight excluding hydrogens is 624 g/mol. The van der Waals surface area contributed by atoms with Crippen molar-refractivity contribution in [2.75, 3.05) is 6.61 Å². The van der Waals surface area contributed by atoms with E-state index in [0.717, 1.165) is 22.3 Å². The van der Waals surface area contributed by atoms with Crippen molar-refractivity contribution in [3.8, 4) is 11.1 Å². The molecule has 1 atom stereocenters. The van der Waals surface area contributed by atoms with Crippen LogP contribution < -0.4 is 5.32 Å². The highest BCUT2D eigenvalue weighted by atomic mass is 16.6. The minimum atomic E-state index is -1.47. The third-order valence-electron chi connectivity index (χ3n) is 8.79. The van der Waals surface area contributed by atoms with E-state index in [1.165, 1.54) is 0 Å². The van der Waals surface area contributed by atoms with Gasteiger partial charge in [-0.15, -0.1) is 0 Å². The molecule has 2 aliphatic rings. The van der Waals surface area contributed by atoms with Gasteiger partial charge in [0.2, 0.25) is 0 Å². The van der Waals surface area contributed by atoms with Gasteiger partial charge in [0.15, 0.2) is 0 Å². The highest BCUT2D eigenvalue weighted by Crippen LogP contribution is 2.44. The molecular formula is C39H42N2O8. The predicted molar refractivity (Wildman–Crippen MR) is 184 cm³/mol. The largest absolute Gasteiger partial charge is 0.481 e. The number of alkyl carbamates (subject to hydrolysis) is 1. The molecule has 5 rings (SSSR count). The molecule has 49 heavy (non-hydrogen) atoms. The van der Waals surface area contributed by atoms with E-state index in [9.17, 15) is 29.1 Å². The molecule has 1 saturated carbocycles. The standard InChI is InChI=1S/C39H42N2O8/c1-23(2)17-31(36-33(42)19-39(3,4)20-34(36)43)40-25-15-13-24(14-16-25)21-48-37(46)32(18-35(44)45)41-38(47)49-22-30-28-11-7-5-9-26(28)27-10-6-8-12-29(27)30/h5-16,23,30,32,36H,17-22H2,1-4H3,(H,41,47)(H,44,45)/t32-/m0/s1. The Morgan fingerprint density at radius 3 is 1.98 bits per heavy atom. The maximum atomic E-state index is 13.0. The summed E-state index contributed by atoms with van der Waals surface area (Å²) in [6.45, 7) is 7.68. The van der Waals surface area contributed by atoms with E-state index >= 15 is 0 Å². The first-order chi connectivity index (χ1) is 23.3. The number of Topliss-reactive ketones (excluding diaryl/α,β-unsaturated/α-hetero) is 2. The van der Waals surface area contributed by atoms with Gasteiger partial charge in [-0.2, -0.15) is 0 Å². The number of carboxylic acids is 1. The SMILES string of the molecule is CC(C)CC(=Nc1ccc(COC(=O)[C@H](CC(=O)O)NC(=O)OCC2c3ccccc3-c3ccccc32)cc1)C1C(=O)CC(C)(C)CC1=O. The summed E-state index contributed by atoms with van der Waals surface area (Å²) in [6.07, 6.45) is -0.467. The van der Waals surface area contributed by atoms with E-state index in [1.807, 2.05) is 76.2 Å². The van der Waals surface area contributed by atoms with Crippen LogP contribution in [-0.4, -0.2) is 53.1 Å². The lowest BCUT2D eigenvalue weighted by Crippen LogP contribution is -2.43. The highest BCUT2D eigenvalue weighted by molar-refractivity contribution is 6.23. The summed E-state index contributed by atoms with van der Waals surface area (Å²) in [5, 5.41) is 11.8. The van der Waals surface area contributed by atoms with Crippen LogP contribution >= 0.6 is 0 Å². The zero-order valence-corrected chi connectivity index (χ0v) is 28.2. The molecule has 0 unspecified atom stereocenters. The number of rotatable bonds is 12. The monoisotopic (exact) mass is 666 g/mol. The smallest absolute Gasteiger partial charge is 0.407 e. The lowest BCUT2D eigenvalue weighted by atomic mass is 9.69. The van der Waals surface area contributed by atoms with Gasteiger partial charge in [0.1, 0.15) is 36.7 Å². The molecule has 0 aliphatic heterocycles. The number of nitrogens with one attached hydrogen (secondary N) is 1. The molecule has 1 fully saturated rings. The quantitative estimate of drug-likeness (QED) is 0.122. The van der Waals surface area contributed by atoms with Crippen molar-refractivity contribution in [3.63, 3.8) is 0 Å². The van der Waals surface area contributed by atoms with Gasteiger partial charge in [0, 0.05) is 24.5 Å². The number of carbonyl (C=O) groups excluding carboxylic acids is 4. The van der Waals surface area contributed by atoms with E-state index in [-0.39, 0.29) is 42.0 Å². The first-order valence-electron chi connectivity index (χ1n) is 16.5. The lowest BCUT2D eigenvalue weighted by Gasteiger charge is -2.32. The van der Waals surface area contributed by atoms with Gasteiger partial charge in [-0.3, -0.25) is 19.4 Å². The summed E-state index contributed by atoms with van der Waals surface area (Å²) in [7, 11) is 0. The van der Waals surface area contributed by atoms with Crippen LogP contribution in [0.25, 0.3) is 11.1 Å². The zero-order valence-electron chi connectivity index (χ0n) is 28.2. The van der Waals surface area contributed by atoms with Gasteiger partial charge < -0.3 is 19.9 Å². The van der Waals surface area contributed by atoms with Gasteiger partial charge in [-0.25, -0.2) is 9.59 Å². The lowest BCUT2D eigenvalue weighted by molar-refractivity contribution is -0.151. The Bertz CT molecular complexity index is 1710. The van der Waals surface area contributed by atoms with Crippen LogP contribution in [0.2, 0.25) is 0 Å². The third-order valence-corrected chi connectivity index (χ3v) is 8.79. The van der Waals surface area contributed by atoms with Crippen molar-refractivity contribution in [3.05, 3.63) is 89.5 Å². The molecule has 10 heteroatoms. The van der Waals surface area contributed by atoms with Crippen molar-refractivity contribution in [2.45, 2.75) is 71.9 Å². The Morgan fingerprint density at radius 1 is 0.857 bits per heavy atom. The average molecular weight is 667 g/mol. The van der Waals surface area contributed by atoms with E-state index in [2.05, 4.69) is 5.32 Å². The van der Waals surface area contributed by atoms with Crippen LogP contribution in [0.1, 0.15) is 76.0 Å². The molecule has 256 valence electrons. The molecule has 10 nitrogen and oxygen atoms in total. The number of esters is 1. The van der Waals surface area contributed by atoms with Crippen LogP contribution in [0.5, 0.6) is 0 Å². The van der Waals surface area contributed by atoms with Crippen molar-refractivity contribution in [2.24, 2.45) is 22.2 Å². The third kappa shape index (κ3) is 8.68. The number of carbonyl (C=O) groups is 5. The molecule has 1 amide bonds. The van der Waals surface area contributed by atoms with E-state index in [4.69, 9.17) is 14.5 Å². The molecule has 3 aromatic carbocycles. The highest BCUT2D eigenvalue weighted by Gasteiger charge is 2.42. The second-order valence-electron chi connectivity index (χ2n) is 14.0. The summed E-state index contributed by atoms with van der Waals surface area (Å²) in [6, 6.07) is 21.1. The Kier molecular flexibility index (Phi) is 10.8. The van der Waals surface area contributed by atoms with Gasteiger partial charge in [0.25, 0.3) is 0 Å². The maximum absolute atomic E-state index is 13.0. The van der Waals surface area contributed by atoms with Crippen LogP contribution in [0, 0.1) is 17.3 Å². The van der Waals surface area contributed by atoms with E-state index in [0.29, 0.717) is 36.2 Å². The first-order valence-corrected chi connectivity index (χ1v) is 16.5. The summed E-state index contributed by atoms with van der Waals surface area (Å²) in [4.78, 5) is 67.9. The number of hydrogen-bond acceptors (Lipinski definition) is 8. The average Bonchev–Trinajstić information content (AvgIpc) is 3.35. The van der Waals surface area contributed by atoms with Crippen molar-refractivity contribution < 1.29 is 38.6 Å². The van der Waals surface area contributed by atoms with E-state index < -0.39 is 36.4 Å². The van der Waals surface area contributed by atoms with Crippen LogP contribution in [0.3, 0.4) is 0 Å². The second kappa shape index (κ2) is 15.0. The fourth-order valence-corrected chi connectivity index (χ4v) is 6.65. The second-order valence-corrected chi connectivity index (χ2v) is 14.0. The molecule has 2 aliphatic carbocycles. The molecule has 3 aromatic rings. The fourth-order valence-electron chi connectivity index (χ4n) is 6.65.